The Morgan fingerprint density at radius 1 is 1.13 bits per heavy atom. The van der Waals surface area contributed by atoms with E-state index in [1.54, 1.807) is 0 Å². The van der Waals surface area contributed by atoms with Gasteiger partial charge in [-0.05, 0) is 42.2 Å². The molecule has 1 amide bonds. The zero-order valence-electron chi connectivity index (χ0n) is 18.0. The topological polar surface area (TPSA) is 75.7 Å². The molecule has 0 saturated carbocycles. The molecule has 2 aromatic rings. The van der Waals surface area contributed by atoms with Crippen molar-refractivity contribution in [2.45, 2.75) is 39.2 Å². The molecule has 0 saturated heterocycles. The van der Waals surface area contributed by atoms with Gasteiger partial charge in [-0.25, -0.2) is 12.8 Å². The fourth-order valence-electron chi connectivity index (χ4n) is 2.95. The number of nitrogens with one attached hydrogen (secondary N) is 1. The smallest absolute Gasteiger partial charge is 0.243 e. The van der Waals surface area contributed by atoms with Crippen molar-refractivity contribution in [2.75, 3.05) is 23.7 Å². The molecule has 30 heavy (non-hydrogen) atoms. The van der Waals surface area contributed by atoms with E-state index in [2.05, 4.69) is 26.1 Å². The largest absolute Gasteiger partial charge is 0.492 e. The summed E-state index contributed by atoms with van der Waals surface area (Å²) in [5, 5.41) is 2.64. The summed E-state index contributed by atoms with van der Waals surface area (Å²) in [6, 6.07) is 12.0. The van der Waals surface area contributed by atoms with Crippen molar-refractivity contribution < 1.29 is 22.3 Å². The van der Waals surface area contributed by atoms with Crippen molar-refractivity contribution in [1.82, 2.24) is 5.32 Å². The van der Waals surface area contributed by atoms with E-state index in [9.17, 15) is 17.6 Å². The van der Waals surface area contributed by atoms with Gasteiger partial charge in [-0.3, -0.25) is 9.10 Å². The van der Waals surface area contributed by atoms with Crippen molar-refractivity contribution in [3.8, 4) is 5.75 Å². The van der Waals surface area contributed by atoms with Crippen LogP contribution >= 0.6 is 0 Å². The number of carbonyl (C=O) groups excluding carboxylic acids is 1. The molecule has 0 spiro atoms. The van der Waals surface area contributed by atoms with Gasteiger partial charge in [0, 0.05) is 0 Å². The van der Waals surface area contributed by atoms with Crippen LogP contribution in [0.3, 0.4) is 0 Å². The fraction of sp³-hybridized carbons (Fsp3) is 0.409. The molecule has 0 radical (unpaired) electrons. The summed E-state index contributed by atoms with van der Waals surface area (Å²) < 4.78 is 44.9. The fourth-order valence-corrected chi connectivity index (χ4v) is 4.13. The number of hydrogen-bond donors (Lipinski definition) is 1. The van der Waals surface area contributed by atoms with E-state index >= 15 is 0 Å². The summed E-state index contributed by atoms with van der Waals surface area (Å²) in [6.45, 7) is 8.18. The Labute approximate surface area is 178 Å². The van der Waals surface area contributed by atoms with Gasteiger partial charge in [-0.15, -0.1) is 0 Å². The molecule has 0 aliphatic heterocycles. The first-order valence-electron chi connectivity index (χ1n) is 9.66. The molecule has 0 aliphatic carbocycles. The molecule has 0 unspecified atom stereocenters. The van der Waals surface area contributed by atoms with Crippen LogP contribution < -0.4 is 14.4 Å². The lowest BCUT2D eigenvalue weighted by atomic mass is 9.87. The van der Waals surface area contributed by atoms with Crippen molar-refractivity contribution in [2.24, 2.45) is 0 Å². The van der Waals surface area contributed by atoms with Gasteiger partial charge in [0.1, 0.15) is 24.2 Å². The van der Waals surface area contributed by atoms with E-state index in [0.29, 0.717) is 5.75 Å². The Bertz CT molecular complexity index is 969. The van der Waals surface area contributed by atoms with Gasteiger partial charge in [-0.1, -0.05) is 45.0 Å². The number of carbonyl (C=O) groups is 1. The van der Waals surface area contributed by atoms with Crippen LogP contribution in [0.2, 0.25) is 0 Å². The molecule has 0 fully saturated rings. The van der Waals surface area contributed by atoms with E-state index in [0.717, 1.165) is 16.6 Å². The summed E-state index contributed by atoms with van der Waals surface area (Å²) in [4.78, 5) is 12.5. The third-order valence-corrected chi connectivity index (χ3v) is 5.80. The number of para-hydroxylation sites is 1. The van der Waals surface area contributed by atoms with Crippen LogP contribution in [0, 0.1) is 5.82 Å². The molecule has 164 valence electrons. The minimum atomic E-state index is -3.87. The highest BCUT2D eigenvalue weighted by molar-refractivity contribution is 7.92. The second-order valence-electron chi connectivity index (χ2n) is 8.10. The summed E-state index contributed by atoms with van der Waals surface area (Å²) in [6.07, 6.45) is 0.938. The van der Waals surface area contributed by atoms with E-state index in [1.165, 1.54) is 30.7 Å². The Morgan fingerprint density at radius 3 is 2.27 bits per heavy atom. The Hall–Kier alpha value is -2.61. The van der Waals surface area contributed by atoms with E-state index in [-0.39, 0.29) is 24.3 Å². The lowest BCUT2D eigenvalue weighted by Gasteiger charge is -2.28. The molecule has 2 rings (SSSR count). The van der Waals surface area contributed by atoms with Crippen molar-refractivity contribution in [3.05, 3.63) is 59.9 Å². The number of ether oxygens (including phenoxy) is 1. The first kappa shape index (κ1) is 23.7. The SMILES string of the molecule is C[C@H](C(=O)NCCOc1ccc(C(C)(C)C)cc1)N(c1ccccc1F)S(C)(=O)=O. The summed E-state index contributed by atoms with van der Waals surface area (Å²) in [7, 11) is -3.87. The number of hydrogen-bond acceptors (Lipinski definition) is 4. The van der Waals surface area contributed by atoms with Gasteiger partial charge >= 0.3 is 0 Å². The molecule has 1 atom stereocenters. The van der Waals surface area contributed by atoms with Crippen molar-refractivity contribution in [1.29, 1.82) is 0 Å². The van der Waals surface area contributed by atoms with E-state index in [1.807, 2.05) is 24.3 Å². The molecule has 6 nitrogen and oxygen atoms in total. The number of benzene rings is 2. The third kappa shape index (κ3) is 6.19. The lowest BCUT2D eigenvalue weighted by Crippen LogP contribution is -2.48. The van der Waals surface area contributed by atoms with Crippen LogP contribution in [0.25, 0.3) is 0 Å². The quantitative estimate of drug-likeness (QED) is 0.643. The molecular weight excluding hydrogens is 407 g/mol. The van der Waals surface area contributed by atoms with Gasteiger partial charge in [0.25, 0.3) is 0 Å². The number of amides is 1. The van der Waals surface area contributed by atoms with Crippen molar-refractivity contribution in [3.63, 3.8) is 0 Å². The first-order chi connectivity index (χ1) is 13.9. The van der Waals surface area contributed by atoms with Crippen LogP contribution in [0.4, 0.5) is 10.1 Å². The number of halogens is 1. The van der Waals surface area contributed by atoms with Crippen LogP contribution in [0.1, 0.15) is 33.3 Å². The molecule has 8 heteroatoms. The molecule has 2 aromatic carbocycles. The van der Waals surface area contributed by atoms with E-state index in [4.69, 9.17) is 4.74 Å². The van der Waals surface area contributed by atoms with Crippen LogP contribution in [-0.4, -0.2) is 39.8 Å². The van der Waals surface area contributed by atoms with Crippen LogP contribution in [0.15, 0.2) is 48.5 Å². The number of rotatable bonds is 8. The number of nitrogens with zero attached hydrogens (tertiary/aromatic N) is 1. The molecule has 0 aliphatic rings. The van der Waals surface area contributed by atoms with Crippen LogP contribution in [0.5, 0.6) is 5.75 Å². The molecular formula is C22H29FN2O4S. The average Bonchev–Trinajstić information content (AvgIpc) is 2.65. The van der Waals surface area contributed by atoms with Gasteiger partial charge in [0.2, 0.25) is 15.9 Å². The second-order valence-corrected chi connectivity index (χ2v) is 9.96. The predicted octanol–water partition coefficient (Wildman–Crippen LogP) is 3.47. The summed E-state index contributed by atoms with van der Waals surface area (Å²) in [5.41, 5.74) is 1.07. The lowest BCUT2D eigenvalue weighted by molar-refractivity contribution is -0.121. The standard InChI is InChI=1S/C22H29FN2O4S/c1-16(25(30(5,27)28)20-9-7-6-8-19(20)23)21(26)24-14-15-29-18-12-10-17(11-13-18)22(2,3)4/h6-13,16H,14-15H2,1-5H3,(H,24,26)/t16-/m1/s1. The first-order valence-corrected chi connectivity index (χ1v) is 11.5. The highest BCUT2D eigenvalue weighted by Crippen LogP contribution is 2.25. The normalized spacial score (nSPS) is 12.9. The molecule has 1 N–H and O–H groups in total. The van der Waals surface area contributed by atoms with Crippen molar-refractivity contribution >= 4 is 21.6 Å². The Morgan fingerprint density at radius 2 is 1.73 bits per heavy atom. The molecule has 0 bridgehead atoms. The predicted molar refractivity (Wildman–Crippen MR) is 117 cm³/mol. The Balaban J connectivity index is 1.95. The number of anilines is 1. The van der Waals surface area contributed by atoms with Gasteiger partial charge in [0.05, 0.1) is 18.5 Å². The molecule has 0 aromatic heterocycles. The second kappa shape index (κ2) is 9.47. The van der Waals surface area contributed by atoms with Crippen LogP contribution in [-0.2, 0) is 20.2 Å². The maximum atomic E-state index is 14.1. The molecule has 0 heterocycles. The summed E-state index contributed by atoms with van der Waals surface area (Å²) in [5.74, 6) is -0.589. The maximum absolute atomic E-state index is 14.1. The van der Waals surface area contributed by atoms with Gasteiger partial charge in [0.15, 0.2) is 0 Å². The van der Waals surface area contributed by atoms with Gasteiger partial charge in [-0.2, -0.15) is 0 Å². The third-order valence-electron chi connectivity index (χ3n) is 4.57. The monoisotopic (exact) mass is 436 g/mol. The average molecular weight is 437 g/mol. The minimum Gasteiger partial charge on any atom is -0.492 e. The zero-order valence-corrected chi connectivity index (χ0v) is 18.8. The highest BCUT2D eigenvalue weighted by Gasteiger charge is 2.30. The highest BCUT2D eigenvalue weighted by atomic mass is 32.2. The maximum Gasteiger partial charge on any atom is 0.243 e. The number of sulfonamides is 1. The summed E-state index contributed by atoms with van der Waals surface area (Å²) >= 11 is 0. The van der Waals surface area contributed by atoms with E-state index < -0.39 is 27.8 Å². The van der Waals surface area contributed by atoms with Gasteiger partial charge < -0.3 is 10.1 Å². The Kier molecular flexibility index (Phi) is 7.47. The zero-order chi connectivity index (χ0) is 22.5. The minimum absolute atomic E-state index is 0.0480.